The molecule has 0 bridgehead atoms. The van der Waals surface area contributed by atoms with E-state index in [2.05, 4.69) is 10.0 Å². The van der Waals surface area contributed by atoms with Crippen molar-refractivity contribution in [3.63, 3.8) is 0 Å². The number of likely N-dealkylation sites (N-methyl/N-ethyl adjacent to an activating group) is 1. The zero-order valence-electron chi connectivity index (χ0n) is 11.8. The number of hydrogen-bond acceptors (Lipinski definition) is 4. The number of nitrogens with zero attached hydrogens (tertiary/aromatic N) is 1. The molecule has 0 aliphatic heterocycles. The van der Waals surface area contributed by atoms with E-state index in [0.29, 0.717) is 5.56 Å². The molecule has 1 rings (SSSR count). The average Bonchev–Trinajstić information content (AvgIpc) is 2.36. The fraction of sp³-hybridized carbons (Fsp3) is 0.462. The number of aryl methyl sites for hydroxylation is 1. The van der Waals surface area contributed by atoms with E-state index in [4.69, 9.17) is 5.26 Å². The van der Waals surface area contributed by atoms with Crippen molar-refractivity contribution < 1.29 is 8.42 Å². The van der Waals surface area contributed by atoms with Gasteiger partial charge in [0.15, 0.2) is 0 Å². The van der Waals surface area contributed by atoms with Crippen molar-refractivity contribution >= 4 is 22.4 Å². The minimum Gasteiger partial charge on any atom is -0.313 e. The van der Waals surface area contributed by atoms with E-state index in [1.165, 1.54) is 6.07 Å². The van der Waals surface area contributed by atoms with Gasteiger partial charge in [0.25, 0.3) is 0 Å². The van der Waals surface area contributed by atoms with E-state index in [1.807, 2.05) is 19.9 Å². The van der Waals surface area contributed by atoms with Crippen LogP contribution in [0.15, 0.2) is 23.1 Å². The second-order valence-corrected chi connectivity index (χ2v) is 6.11. The van der Waals surface area contributed by atoms with Crippen molar-refractivity contribution in [2.45, 2.75) is 31.7 Å². The van der Waals surface area contributed by atoms with Crippen molar-refractivity contribution in [1.82, 2.24) is 10.0 Å². The normalized spacial score (nSPS) is 12.3. The Morgan fingerprint density at radius 3 is 2.60 bits per heavy atom. The molecule has 0 amide bonds. The van der Waals surface area contributed by atoms with Gasteiger partial charge in [-0.1, -0.05) is 19.1 Å². The number of rotatable bonds is 6. The topological polar surface area (TPSA) is 82.0 Å². The molecular weight excluding hydrogens is 298 g/mol. The monoisotopic (exact) mass is 317 g/mol. The molecule has 1 aromatic carbocycles. The van der Waals surface area contributed by atoms with Gasteiger partial charge in [0.1, 0.15) is 6.07 Å². The molecule has 0 radical (unpaired) electrons. The van der Waals surface area contributed by atoms with Gasteiger partial charge in [0, 0.05) is 12.6 Å². The van der Waals surface area contributed by atoms with Crippen LogP contribution in [0.2, 0.25) is 0 Å². The summed E-state index contributed by atoms with van der Waals surface area (Å²) in [6, 6.07) is 6.79. The highest BCUT2D eigenvalue weighted by molar-refractivity contribution is 7.89. The van der Waals surface area contributed by atoms with Crippen molar-refractivity contribution in [2.24, 2.45) is 0 Å². The third-order valence-electron chi connectivity index (χ3n) is 2.77. The van der Waals surface area contributed by atoms with E-state index in [1.54, 1.807) is 19.1 Å². The Morgan fingerprint density at radius 2 is 2.05 bits per heavy atom. The summed E-state index contributed by atoms with van der Waals surface area (Å²) in [4.78, 5) is 0.0405. The van der Waals surface area contributed by atoms with Crippen LogP contribution in [0.3, 0.4) is 0 Å². The lowest BCUT2D eigenvalue weighted by molar-refractivity contribution is 0.536. The molecule has 0 heterocycles. The first-order valence-electron chi connectivity index (χ1n) is 6.15. The van der Waals surface area contributed by atoms with Crippen molar-refractivity contribution in [3.05, 3.63) is 29.3 Å². The fourth-order valence-corrected chi connectivity index (χ4v) is 3.10. The number of nitriles is 1. The zero-order chi connectivity index (χ0) is 14.5. The molecule has 1 atom stereocenters. The van der Waals surface area contributed by atoms with Gasteiger partial charge in [0.05, 0.1) is 10.5 Å². The maximum absolute atomic E-state index is 12.2. The molecule has 0 unspecified atom stereocenters. The summed E-state index contributed by atoms with van der Waals surface area (Å²) in [6.45, 7) is 6.64. The molecule has 0 aromatic heterocycles. The third-order valence-corrected chi connectivity index (χ3v) is 4.23. The number of hydrogen-bond donors (Lipinski definition) is 2. The van der Waals surface area contributed by atoms with Crippen LogP contribution in [-0.2, 0) is 10.0 Å². The van der Waals surface area contributed by atoms with Crippen LogP contribution in [0.25, 0.3) is 0 Å². The summed E-state index contributed by atoms with van der Waals surface area (Å²) in [7, 11) is -3.65. The largest absolute Gasteiger partial charge is 0.313 e. The lowest BCUT2D eigenvalue weighted by Gasteiger charge is -2.14. The van der Waals surface area contributed by atoms with E-state index in [0.717, 1.165) is 6.54 Å². The summed E-state index contributed by atoms with van der Waals surface area (Å²) in [5.41, 5.74) is 0.858. The quantitative estimate of drug-likeness (QED) is 0.834. The van der Waals surface area contributed by atoms with Crippen LogP contribution in [0.4, 0.5) is 0 Å². The minimum absolute atomic E-state index is 0. The maximum atomic E-state index is 12.2. The Morgan fingerprint density at radius 1 is 1.40 bits per heavy atom. The molecule has 0 spiro atoms. The number of benzene rings is 1. The van der Waals surface area contributed by atoms with E-state index in [-0.39, 0.29) is 35.5 Å². The van der Waals surface area contributed by atoms with Crippen LogP contribution in [0, 0.1) is 18.3 Å². The summed E-state index contributed by atoms with van der Waals surface area (Å²) in [5, 5.41) is 12.2. The molecule has 2 N–H and O–H groups in total. The Bertz CT molecular complexity index is 582. The van der Waals surface area contributed by atoms with Gasteiger partial charge >= 0.3 is 0 Å². The molecule has 5 nitrogen and oxygen atoms in total. The predicted molar refractivity (Wildman–Crippen MR) is 81.5 cm³/mol. The highest BCUT2D eigenvalue weighted by Crippen LogP contribution is 2.18. The molecule has 20 heavy (non-hydrogen) atoms. The van der Waals surface area contributed by atoms with Gasteiger partial charge in [-0.15, -0.1) is 12.4 Å². The summed E-state index contributed by atoms with van der Waals surface area (Å²) < 4.78 is 26.9. The van der Waals surface area contributed by atoms with E-state index >= 15 is 0 Å². The fourth-order valence-electron chi connectivity index (χ4n) is 1.74. The first-order valence-corrected chi connectivity index (χ1v) is 7.63. The second-order valence-electron chi connectivity index (χ2n) is 4.37. The molecule has 112 valence electrons. The Labute approximate surface area is 126 Å². The molecule has 0 saturated heterocycles. The standard InChI is InChI=1S/C13H19N3O2S.ClH/c1-4-15-11(3)9-16-19(17,18)13-7-5-6-10(2)12(13)8-14;/h5-7,11,15-16H,4,9H2,1-3H3;1H/t11-;/m1./s1. The van der Waals surface area contributed by atoms with Crippen molar-refractivity contribution in [3.8, 4) is 6.07 Å². The van der Waals surface area contributed by atoms with Gasteiger partial charge < -0.3 is 5.32 Å². The molecule has 0 fully saturated rings. The van der Waals surface area contributed by atoms with Gasteiger partial charge in [-0.3, -0.25) is 0 Å². The van der Waals surface area contributed by atoms with E-state index in [9.17, 15) is 8.42 Å². The Balaban J connectivity index is 0.00000361. The smallest absolute Gasteiger partial charge is 0.241 e. The number of sulfonamides is 1. The lowest BCUT2D eigenvalue weighted by atomic mass is 10.1. The highest BCUT2D eigenvalue weighted by Gasteiger charge is 2.20. The average molecular weight is 318 g/mol. The number of halogens is 1. The SMILES string of the molecule is CCN[C@H](C)CNS(=O)(=O)c1cccc(C)c1C#N.Cl. The number of nitrogens with one attached hydrogen (secondary N) is 2. The molecular formula is C13H20ClN3O2S. The van der Waals surface area contributed by atoms with Crippen LogP contribution in [0.1, 0.15) is 25.0 Å². The zero-order valence-corrected chi connectivity index (χ0v) is 13.4. The molecule has 0 aliphatic rings. The van der Waals surface area contributed by atoms with Crippen molar-refractivity contribution in [1.29, 1.82) is 5.26 Å². The molecule has 1 aromatic rings. The first kappa shape index (κ1) is 18.9. The minimum atomic E-state index is -3.65. The molecule has 7 heteroatoms. The van der Waals surface area contributed by atoms with Crippen LogP contribution in [0.5, 0.6) is 0 Å². The second kappa shape index (κ2) is 8.22. The predicted octanol–water partition coefficient (Wildman–Crippen LogP) is 1.56. The van der Waals surface area contributed by atoms with Crippen molar-refractivity contribution in [2.75, 3.05) is 13.1 Å². The summed E-state index contributed by atoms with van der Waals surface area (Å²) in [5.74, 6) is 0. The van der Waals surface area contributed by atoms with Crippen LogP contribution >= 0.6 is 12.4 Å². The van der Waals surface area contributed by atoms with Gasteiger partial charge in [-0.05, 0) is 32.0 Å². The first-order chi connectivity index (χ1) is 8.92. The maximum Gasteiger partial charge on any atom is 0.241 e. The van der Waals surface area contributed by atoms with Crippen LogP contribution < -0.4 is 10.0 Å². The Kier molecular flexibility index (Phi) is 7.76. The van der Waals surface area contributed by atoms with E-state index < -0.39 is 10.0 Å². The third kappa shape index (κ3) is 4.76. The summed E-state index contributed by atoms with van der Waals surface area (Å²) >= 11 is 0. The summed E-state index contributed by atoms with van der Waals surface area (Å²) in [6.07, 6.45) is 0. The van der Waals surface area contributed by atoms with Crippen LogP contribution in [-0.4, -0.2) is 27.5 Å². The Hall–Kier alpha value is -1.13. The molecule has 0 saturated carbocycles. The van der Waals surface area contributed by atoms with Gasteiger partial charge in [0.2, 0.25) is 10.0 Å². The lowest BCUT2D eigenvalue weighted by Crippen LogP contribution is -2.39. The molecule has 0 aliphatic carbocycles. The van der Waals surface area contributed by atoms with Gasteiger partial charge in [-0.25, -0.2) is 13.1 Å². The highest BCUT2D eigenvalue weighted by atomic mass is 35.5. The van der Waals surface area contributed by atoms with Gasteiger partial charge in [-0.2, -0.15) is 5.26 Å².